The Morgan fingerprint density at radius 1 is 1.17 bits per heavy atom. The van der Waals surface area contributed by atoms with Gasteiger partial charge in [0.1, 0.15) is 0 Å². The summed E-state index contributed by atoms with van der Waals surface area (Å²) in [4.78, 5) is 0.0572. The van der Waals surface area contributed by atoms with Gasteiger partial charge in [0.05, 0.1) is 13.7 Å². The first-order chi connectivity index (χ1) is 7.96. The van der Waals surface area contributed by atoms with Gasteiger partial charge in [-0.3, -0.25) is 4.55 Å². The highest BCUT2D eigenvalue weighted by molar-refractivity contribution is 7.85. The number of benzene rings is 1. The molecule has 1 aromatic rings. The second-order valence-electron chi connectivity index (χ2n) is 5.86. The number of aryl methyl sites for hydroxylation is 1. The van der Waals surface area contributed by atoms with Gasteiger partial charge in [-0.25, -0.2) is 0 Å². The van der Waals surface area contributed by atoms with Crippen LogP contribution in [0.15, 0.2) is 17.0 Å². The molecule has 0 aromatic heterocycles. The minimum atomic E-state index is -4.17. The van der Waals surface area contributed by atoms with E-state index in [9.17, 15) is 13.0 Å². The van der Waals surface area contributed by atoms with Crippen molar-refractivity contribution < 1.29 is 13.0 Å². The molecule has 1 radical (unpaired) electrons. The topological polar surface area (TPSA) is 54.4 Å². The van der Waals surface area contributed by atoms with Gasteiger partial charge in [0.2, 0.25) is 0 Å². The van der Waals surface area contributed by atoms with Gasteiger partial charge in [0.15, 0.2) is 0 Å². The maximum atomic E-state index is 11.6. The Morgan fingerprint density at radius 2 is 1.67 bits per heavy atom. The molecule has 0 aliphatic rings. The molecule has 1 rings (SSSR count). The first-order valence-electron chi connectivity index (χ1n) is 5.88. The molecule has 5 heteroatoms. The van der Waals surface area contributed by atoms with E-state index in [-0.39, 0.29) is 10.3 Å². The van der Waals surface area contributed by atoms with E-state index in [1.54, 1.807) is 6.07 Å². The first kappa shape index (κ1) is 15.4. The molecule has 1 N–H and O–H groups in total. The van der Waals surface area contributed by atoms with Crippen molar-refractivity contribution in [3.8, 4) is 0 Å². The molecule has 101 valence electrons. The highest BCUT2D eigenvalue weighted by Gasteiger charge is 2.29. The molecule has 0 amide bonds. The minimum Gasteiger partial charge on any atom is -0.282 e. The lowest BCUT2D eigenvalue weighted by atomic mass is 9.86. The second kappa shape index (κ2) is 4.79. The predicted molar refractivity (Wildman–Crippen MR) is 76.8 cm³/mol. The summed E-state index contributed by atoms with van der Waals surface area (Å²) >= 11 is 0. The van der Waals surface area contributed by atoms with Crippen molar-refractivity contribution in [2.45, 2.75) is 51.1 Å². The summed E-state index contributed by atoms with van der Waals surface area (Å²) < 4.78 is 32.5. The van der Waals surface area contributed by atoms with Crippen molar-refractivity contribution in [3.05, 3.63) is 23.3 Å². The van der Waals surface area contributed by atoms with Crippen LogP contribution in [0.2, 0.25) is 13.1 Å². The summed E-state index contributed by atoms with van der Waals surface area (Å²) in [6.07, 6.45) is 0. The molecule has 0 heterocycles. The smallest absolute Gasteiger partial charge is 0.282 e. The van der Waals surface area contributed by atoms with Crippen LogP contribution in [-0.2, 0) is 15.5 Å². The van der Waals surface area contributed by atoms with Crippen LogP contribution in [0.5, 0.6) is 0 Å². The van der Waals surface area contributed by atoms with Crippen molar-refractivity contribution in [3.63, 3.8) is 0 Å². The lowest BCUT2D eigenvalue weighted by Crippen LogP contribution is -2.36. The quantitative estimate of drug-likeness (QED) is 0.671. The lowest BCUT2D eigenvalue weighted by Gasteiger charge is -2.28. The van der Waals surface area contributed by atoms with Gasteiger partial charge >= 0.3 is 0 Å². The Hall–Kier alpha value is -0.653. The normalized spacial score (nSPS) is 13.1. The van der Waals surface area contributed by atoms with Gasteiger partial charge in [0.25, 0.3) is 10.1 Å². The Balaban J connectivity index is 3.84. The number of rotatable bonds is 2. The number of hydrogen-bond donors (Lipinski definition) is 1. The molecular weight excluding hydrogens is 264 g/mol. The summed E-state index contributed by atoms with van der Waals surface area (Å²) in [5.74, 6) is 0. The standard InChI is InChI=1S/C13H21O3SSi/c1-9-7-8-10(17(14,15)16)11(13(2,3)4)12(9)18(5)6/h7-8H,1-6H3,(H,14,15,16). The van der Waals surface area contributed by atoms with Crippen LogP contribution in [-0.4, -0.2) is 21.8 Å². The van der Waals surface area contributed by atoms with Crippen molar-refractivity contribution in [2.24, 2.45) is 0 Å². The lowest BCUT2D eigenvalue weighted by molar-refractivity contribution is 0.476. The van der Waals surface area contributed by atoms with Crippen molar-refractivity contribution in [1.82, 2.24) is 0 Å². The molecule has 0 atom stereocenters. The molecule has 0 saturated carbocycles. The third-order valence-electron chi connectivity index (χ3n) is 2.90. The van der Waals surface area contributed by atoms with Crippen LogP contribution in [0.4, 0.5) is 0 Å². The molecule has 0 unspecified atom stereocenters. The summed E-state index contributed by atoms with van der Waals surface area (Å²) in [5.41, 5.74) is 1.56. The van der Waals surface area contributed by atoms with E-state index in [2.05, 4.69) is 13.1 Å². The van der Waals surface area contributed by atoms with E-state index in [1.807, 2.05) is 27.7 Å². The Bertz CT molecular complexity index is 554. The zero-order valence-corrected chi connectivity index (χ0v) is 13.6. The molecule has 0 aliphatic carbocycles. The van der Waals surface area contributed by atoms with E-state index < -0.39 is 18.9 Å². The van der Waals surface area contributed by atoms with Crippen LogP contribution in [0.1, 0.15) is 31.9 Å². The minimum absolute atomic E-state index is 0.0572. The number of hydrogen-bond acceptors (Lipinski definition) is 2. The predicted octanol–water partition coefficient (Wildman–Crippen LogP) is 2.50. The van der Waals surface area contributed by atoms with Gasteiger partial charge in [-0.05, 0) is 24.0 Å². The zero-order chi connectivity index (χ0) is 14.3. The summed E-state index contributed by atoms with van der Waals surface area (Å²) in [6.45, 7) is 12.2. The van der Waals surface area contributed by atoms with E-state index in [1.165, 1.54) is 6.07 Å². The third kappa shape index (κ3) is 3.02. The maximum Gasteiger partial charge on any atom is 0.294 e. The summed E-state index contributed by atoms with van der Waals surface area (Å²) in [7, 11) is -4.98. The monoisotopic (exact) mass is 285 g/mol. The molecule has 0 aliphatic heterocycles. The van der Waals surface area contributed by atoms with Crippen LogP contribution in [0.3, 0.4) is 0 Å². The molecule has 0 spiro atoms. The Kier molecular flexibility index (Phi) is 4.10. The Morgan fingerprint density at radius 3 is 2.00 bits per heavy atom. The molecule has 3 nitrogen and oxygen atoms in total. The highest BCUT2D eigenvalue weighted by atomic mass is 32.2. The SMILES string of the molecule is Cc1ccc(S(=O)(=O)O)c(C(C)(C)C)c1[Si](C)C. The molecular formula is C13H21O3SSi. The van der Waals surface area contributed by atoms with Gasteiger partial charge in [0, 0.05) is 0 Å². The summed E-state index contributed by atoms with van der Waals surface area (Å²) in [5, 5.41) is 1.11. The first-order valence-corrected chi connectivity index (χ1v) is 9.82. The van der Waals surface area contributed by atoms with E-state index >= 15 is 0 Å². The fourth-order valence-electron chi connectivity index (χ4n) is 2.29. The molecule has 0 saturated heterocycles. The van der Waals surface area contributed by atoms with E-state index in [0.29, 0.717) is 0 Å². The van der Waals surface area contributed by atoms with E-state index in [4.69, 9.17) is 0 Å². The van der Waals surface area contributed by atoms with Crippen molar-refractivity contribution in [1.29, 1.82) is 0 Å². The molecule has 0 bridgehead atoms. The fourth-order valence-corrected chi connectivity index (χ4v) is 5.17. The van der Waals surface area contributed by atoms with Gasteiger partial charge in [-0.15, -0.1) is 0 Å². The van der Waals surface area contributed by atoms with Crippen molar-refractivity contribution in [2.75, 3.05) is 0 Å². The highest BCUT2D eigenvalue weighted by Crippen LogP contribution is 2.29. The van der Waals surface area contributed by atoms with Crippen LogP contribution >= 0.6 is 0 Å². The summed E-state index contributed by atoms with van der Waals surface area (Å²) in [6, 6.07) is 3.30. The van der Waals surface area contributed by atoms with Gasteiger partial charge in [-0.1, -0.05) is 50.7 Å². The second-order valence-corrected chi connectivity index (χ2v) is 9.75. The van der Waals surface area contributed by atoms with Gasteiger partial charge < -0.3 is 0 Å². The largest absolute Gasteiger partial charge is 0.294 e. The molecule has 0 fully saturated rings. The Labute approximate surface area is 112 Å². The van der Waals surface area contributed by atoms with Gasteiger partial charge in [-0.2, -0.15) is 8.42 Å². The third-order valence-corrected chi connectivity index (χ3v) is 5.44. The maximum absolute atomic E-state index is 11.6. The zero-order valence-electron chi connectivity index (χ0n) is 11.8. The van der Waals surface area contributed by atoms with E-state index in [0.717, 1.165) is 16.3 Å². The average molecular weight is 285 g/mol. The van der Waals surface area contributed by atoms with Crippen molar-refractivity contribution >= 4 is 24.1 Å². The van der Waals surface area contributed by atoms with Crippen LogP contribution in [0, 0.1) is 6.92 Å². The molecule has 18 heavy (non-hydrogen) atoms. The molecule has 1 aromatic carbocycles. The average Bonchev–Trinajstić information content (AvgIpc) is 2.12. The van der Waals surface area contributed by atoms with Crippen LogP contribution < -0.4 is 5.19 Å². The van der Waals surface area contributed by atoms with Crippen LogP contribution in [0.25, 0.3) is 0 Å². The fraction of sp³-hybridized carbons (Fsp3) is 0.538.